The number of rotatable bonds is 3. The fourth-order valence-corrected chi connectivity index (χ4v) is 2.29. The Bertz CT molecular complexity index is 423. The van der Waals surface area contributed by atoms with Gasteiger partial charge >= 0.3 is 0 Å². The van der Waals surface area contributed by atoms with Crippen LogP contribution in [0.15, 0.2) is 24.3 Å². The van der Waals surface area contributed by atoms with Gasteiger partial charge in [-0.05, 0) is 12.5 Å². The normalized spacial score (nSPS) is 17.1. The van der Waals surface area contributed by atoms with Gasteiger partial charge in [0.25, 0.3) is 0 Å². The van der Waals surface area contributed by atoms with E-state index < -0.39 is 0 Å². The van der Waals surface area contributed by atoms with Crippen LogP contribution < -0.4 is 0 Å². The molecule has 0 saturated carbocycles. The molecule has 0 unspecified atom stereocenters. The van der Waals surface area contributed by atoms with Crippen molar-refractivity contribution in [1.29, 1.82) is 0 Å². The van der Waals surface area contributed by atoms with Crippen LogP contribution in [0.1, 0.15) is 25.0 Å². The van der Waals surface area contributed by atoms with Gasteiger partial charge in [-0.15, -0.1) is 0 Å². The second-order valence-electron chi connectivity index (χ2n) is 5.62. The molecule has 3 nitrogen and oxygen atoms in total. The molecule has 0 atom stereocenters. The predicted octanol–water partition coefficient (Wildman–Crippen LogP) is 2.13. The Hall–Kier alpha value is -1.35. The lowest BCUT2D eigenvalue weighted by Gasteiger charge is -2.35. The third-order valence-electron chi connectivity index (χ3n) is 3.50. The summed E-state index contributed by atoms with van der Waals surface area (Å²) in [5.74, 6) is 0.0986. The second-order valence-corrected chi connectivity index (χ2v) is 5.62. The molecule has 0 bridgehead atoms. The van der Waals surface area contributed by atoms with E-state index in [9.17, 15) is 4.79 Å². The van der Waals surface area contributed by atoms with Crippen molar-refractivity contribution in [1.82, 2.24) is 4.90 Å². The number of hydrogen-bond donors (Lipinski definition) is 0. The molecule has 0 aliphatic carbocycles. The summed E-state index contributed by atoms with van der Waals surface area (Å²) >= 11 is 0. The standard InChI is InChI=1S/C15H21NO2/c1-12-4-6-13(7-5-12)15(2,3)11-16-8-9-18-10-14(16)17/h4-7H,8-11H2,1-3H3. The van der Waals surface area contributed by atoms with Gasteiger partial charge < -0.3 is 9.64 Å². The maximum atomic E-state index is 11.8. The first-order chi connectivity index (χ1) is 8.49. The topological polar surface area (TPSA) is 29.5 Å². The molecular weight excluding hydrogens is 226 g/mol. The number of carbonyl (C=O) groups excluding carboxylic acids is 1. The SMILES string of the molecule is Cc1ccc(C(C)(C)CN2CCOCC2=O)cc1. The van der Waals surface area contributed by atoms with Crippen molar-refractivity contribution in [3.8, 4) is 0 Å². The van der Waals surface area contributed by atoms with E-state index in [-0.39, 0.29) is 17.9 Å². The molecule has 1 amide bonds. The van der Waals surface area contributed by atoms with Crippen molar-refractivity contribution in [3.63, 3.8) is 0 Å². The maximum Gasteiger partial charge on any atom is 0.248 e. The van der Waals surface area contributed by atoms with Gasteiger partial charge in [-0.3, -0.25) is 4.79 Å². The Labute approximate surface area is 109 Å². The van der Waals surface area contributed by atoms with Gasteiger partial charge in [0.05, 0.1) is 6.61 Å². The summed E-state index contributed by atoms with van der Waals surface area (Å²) in [7, 11) is 0. The minimum atomic E-state index is -0.0271. The lowest BCUT2D eigenvalue weighted by Crippen LogP contribution is -2.47. The number of benzene rings is 1. The highest BCUT2D eigenvalue weighted by atomic mass is 16.5. The van der Waals surface area contributed by atoms with E-state index >= 15 is 0 Å². The monoisotopic (exact) mass is 247 g/mol. The summed E-state index contributed by atoms with van der Waals surface area (Å²) in [5, 5.41) is 0. The van der Waals surface area contributed by atoms with Gasteiger partial charge in [0.15, 0.2) is 0 Å². The average Bonchev–Trinajstić information content (AvgIpc) is 2.32. The van der Waals surface area contributed by atoms with E-state index in [1.165, 1.54) is 11.1 Å². The minimum Gasteiger partial charge on any atom is -0.370 e. The number of carbonyl (C=O) groups is 1. The Morgan fingerprint density at radius 2 is 1.94 bits per heavy atom. The van der Waals surface area contributed by atoms with Gasteiger partial charge in [-0.25, -0.2) is 0 Å². The summed E-state index contributed by atoms with van der Waals surface area (Å²) < 4.78 is 5.16. The minimum absolute atomic E-state index is 0.0271. The van der Waals surface area contributed by atoms with Crippen LogP contribution in [-0.4, -0.2) is 37.1 Å². The van der Waals surface area contributed by atoms with Gasteiger partial charge in [-0.2, -0.15) is 0 Å². The molecule has 18 heavy (non-hydrogen) atoms. The molecule has 98 valence electrons. The van der Waals surface area contributed by atoms with Crippen molar-refractivity contribution in [3.05, 3.63) is 35.4 Å². The van der Waals surface area contributed by atoms with Gasteiger partial charge in [0, 0.05) is 18.5 Å². The molecule has 1 aliphatic heterocycles. The molecule has 0 aromatic heterocycles. The van der Waals surface area contributed by atoms with Crippen LogP contribution in [0.4, 0.5) is 0 Å². The zero-order valence-electron chi connectivity index (χ0n) is 11.4. The zero-order valence-corrected chi connectivity index (χ0v) is 11.4. The summed E-state index contributed by atoms with van der Waals surface area (Å²) in [5.41, 5.74) is 2.50. The van der Waals surface area contributed by atoms with E-state index in [0.29, 0.717) is 13.2 Å². The number of morpholine rings is 1. The van der Waals surface area contributed by atoms with Crippen molar-refractivity contribution in [2.24, 2.45) is 0 Å². The van der Waals surface area contributed by atoms with Crippen LogP contribution in [0.25, 0.3) is 0 Å². The van der Waals surface area contributed by atoms with Crippen LogP contribution in [0.3, 0.4) is 0 Å². The fourth-order valence-electron chi connectivity index (χ4n) is 2.29. The summed E-state index contributed by atoms with van der Waals surface area (Å²) in [6, 6.07) is 8.55. The second kappa shape index (κ2) is 5.11. The Kier molecular flexibility index (Phi) is 3.71. The number of hydrogen-bond acceptors (Lipinski definition) is 2. The quantitative estimate of drug-likeness (QED) is 0.819. The van der Waals surface area contributed by atoms with E-state index in [1.54, 1.807) is 0 Å². The Morgan fingerprint density at radius 3 is 2.56 bits per heavy atom. The zero-order chi connectivity index (χ0) is 13.2. The summed E-state index contributed by atoms with van der Waals surface area (Å²) in [6.45, 7) is 8.77. The van der Waals surface area contributed by atoms with Gasteiger partial charge in [0.1, 0.15) is 6.61 Å². The summed E-state index contributed by atoms with van der Waals surface area (Å²) in [6.07, 6.45) is 0. The maximum absolute atomic E-state index is 11.8. The molecule has 3 heteroatoms. The average molecular weight is 247 g/mol. The van der Waals surface area contributed by atoms with Gasteiger partial charge in [0.2, 0.25) is 5.91 Å². The highest BCUT2D eigenvalue weighted by Crippen LogP contribution is 2.25. The fraction of sp³-hybridized carbons (Fsp3) is 0.533. The van der Waals surface area contributed by atoms with Crippen LogP contribution in [0.5, 0.6) is 0 Å². The largest absolute Gasteiger partial charge is 0.370 e. The molecule has 1 fully saturated rings. The molecule has 0 radical (unpaired) electrons. The van der Waals surface area contributed by atoms with Crippen LogP contribution in [0.2, 0.25) is 0 Å². The number of amides is 1. The smallest absolute Gasteiger partial charge is 0.248 e. The van der Waals surface area contributed by atoms with E-state index in [4.69, 9.17) is 4.74 Å². The first kappa shape index (κ1) is 13.1. The molecule has 1 heterocycles. The van der Waals surface area contributed by atoms with Crippen molar-refractivity contribution < 1.29 is 9.53 Å². The lowest BCUT2D eigenvalue weighted by molar-refractivity contribution is -0.143. The highest BCUT2D eigenvalue weighted by molar-refractivity contribution is 5.78. The molecule has 1 aromatic carbocycles. The first-order valence-electron chi connectivity index (χ1n) is 6.42. The highest BCUT2D eigenvalue weighted by Gasteiger charge is 2.28. The third-order valence-corrected chi connectivity index (χ3v) is 3.50. The Morgan fingerprint density at radius 1 is 1.28 bits per heavy atom. The lowest BCUT2D eigenvalue weighted by atomic mass is 9.83. The van der Waals surface area contributed by atoms with Crippen LogP contribution >= 0.6 is 0 Å². The van der Waals surface area contributed by atoms with Crippen molar-refractivity contribution >= 4 is 5.91 Å². The molecular formula is C15H21NO2. The van der Waals surface area contributed by atoms with E-state index in [2.05, 4.69) is 45.0 Å². The van der Waals surface area contributed by atoms with Crippen molar-refractivity contribution in [2.75, 3.05) is 26.3 Å². The van der Waals surface area contributed by atoms with Crippen molar-refractivity contribution in [2.45, 2.75) is 26.2 Å². The van der Waals surface area contributed by atoms with E-state index in [1.807, 2.05) is 4.90 Å². The number of aryl methyl sites for hydroxylation is 1. The van der Waals surface area contributed by atoms with Crippen LogP contribution in [0, 0.1) is 6.92 Å². The third kappa shape index (κ3) is 2.91. The number of ether oxygens (including phenoxy) is 1. The molecule has 2 rings (SSSR count). The van der Waals surface area contributed by atoms with E-state index in [0.717, 1.165) is 6.54 Å². The molecule has 0 spiro atoms. The van der Waals surface area contributed by atoms with Crippen LogP contribution in [-0.2, 0) is 14.9 Å². The Balaban J connectivity index is 2.10. The molecule has 1 aromatic rings. The first-order valence-corrected chi connectivity index (χ1v) is 6.42. The molecule has 0 N–H and O–H groups in total. The number of nitrogens with zero attached hydrogens (tertiary/aromatic N) is 1. The summed E-state index contributed by atoms with van der Waals surface area (Å²) in [4.78, 5) is 13.7. The molecule has 1 saturated heterocycles. The molecule has 1 aliphatic rings. The predicted molar refractivity (Wildman–Crippen MR) is 71.6 cm³/mol. The van der Waals surface area contributed by atoms with Gasteiger partial charge in [-0.1, -0.05) is 43.7 Å².